The highest BCUT2D eigenvalue weighted by Gasteiger charge is 2.32. The molecule has 0 aromatic heterocycles. The number of carboxylic acid groups (broad SMARTS) is 2. The number of nitrogens with one attached hydrogen (secondary N) is 2. The highest BCUT2D eigenvalue weighted by Crippen LogP contribution is 2.16. The van der Waals surface area contributed by atoms with Crippen LogP contribution in [-0.2, 0) is 14.4 Å². The molecule has 1 unspecified atom stereocenters. The van der Waals surface area contributed by atoms with Gasteiger partial charge in [0.25, 0.3) is 0 Å². The topological polar surface area (TPSA) is 116 Å². The van der Waals surface area contributed by atoms with Crippen molar-refractivity contribution < 1.29 is 24.6 Å². The fourth-order valence-electron chi connectivity index (χ4n) is 1.81. The first-order valence-electron chi connectivity index (χ1n) is 5.37. The molecule has 7 nitrogen and oxygen atoms in total. The van der Waals surface area contributed by atoms with Crippen LogP contribution in [0.1, 0.15) is 13.3 Å². The minimum Gasteiger partial charge on any atom is -0.481 e. The van der Waals surface area contributed by atoms with E-state index >= 15 is 0 Å². The molecule has 1 saturated heterocycles. The maximum Gasteiger partial charge on any atom is 0.326 e. The molecule has 3 atom stereocenters. The molecule has 4 N–H and O–H groups in total. The quantitative estimate of drug-likeness (QED) is 0.487. The van der Waals surface area contributed by atoms with E-state index in [0.29, 0.717) is 13.1 Å². The lowest BCUT2D eigenvalue weighted by Gasteiger charge is -2.17. The molecule has 1 amide bonds. The van der Waals surface area contributed by atoms with Crippen molar-refractivity contribution in [3.63, 3.8) is 0 Å². The number of amides is 1. The lowest BCUT2D eigenvalue weighted by Crippen LogP contribution is -2.46. The van der Waals surface area contributed by atoms with Crippen LogP contribution in [0, 0.1) is 11.8 Å². The Bertz CT molecular complexity index is 331. The van der Waals surface area contributed by atoms with Crippen LogP contribution in [0.15, 0.2) is 0 Å². The third kappa shape index (κ3) is 3.70. The van der Waals surface area contributed by atoms with Crippen molar-refractivity contribution in [1.82, 2.24) is 10.6 Å². The first kappa shape index (κ1) is 13.4. The van der Waals surface area contributed by atoms with Gasteiger partial charge in [-0.1, -0.05) is 6.92 Å². The van der Waals surface area contributed by atoms with Crippen molar-refractivity contribution in [2.24, 2.45) is 11.8 Å². The Morgan fingerprint density at radius 2 is 2.00 bits per heavy atom. The molecule has 17 heavy (non-hydrogen) atoms. The van der Waals surface area contributed by atoms with Gasteiger partial charge >= 0.3 is 11.9 Å². The molecule has 7 heteroatoms. The van der Waals surface area contributed by atoms with Crippen molar-refractivity contribution >= 4 is 17.8 Å². The van der Waals surface area contributed by atoms with Crippen LogP contribution in [-0.4, -0.2) is 47.2 Å². The van der Waals surface area contributed by atoms with E-state index in [1.807, 2.05) is 6.92 Å². The third-order valence-corrected chi connectivity index (χ3v) is 2.85. The van der Waals surface area contributed by atoms with Crippen LogP contribution in [0.3, 0.4) is 0 Å². The Morgan fingerprint density at radius 3 is 2.41 bits per heavy atom. The molecule has 1 aliphatic heterocycles. The van der Waals surface area contributed by atoms with Gasteiger partial charge in [0.1, 0.15) is 6.04 Å². The molecule has 0 spiro atoms. The van der Waals surface area contributed by atoms with E-state index in [1.54, 1.807) is 0 Å². The standard InChI is InChI=1S/C10H16N2O5/c1-5-3-11-4-6(5)9(15)12-7(10(16)17)2-8(13)14/h5-7,11H,2-4H2,1H3,(H,12,15)(H,13,14)(H,16,17)/t5-,6-,7?/m1/s1. The summed E-state index contributed by atoms with van der Waals surface area (Å²) in [7, 11) is 0. The van der Waals surface area contributed by atoms with Crippen LogP contribution in [0.25, 0.3) is 0 Å². The summed E-state index contributed by atoms with van der Waals surface area (Å²) in [5.74, 6) is -3.18. The van der Waals surface area contributed by atoms with Gasteiger partial charge in [0, 0.05) is 6.54 Å². The second-order valence-electron chi connectivity index (χ2n) is 4.24. The Kier molecular flexibility index (Phi) is 4.45. The Morgan fingerprint density at radius 1 is 1.35 bits per heavy atom. The smallest absolute Gasteiger partial charge is 0.326 e. The monoisotopic (exact) mass is 244 g/mol. The molecule has 0 aromatic rings. The van der Waals surface area contributed by atoms with Gasteiger partial charge in [0.2, 0.25) is 5.91 Å². The summed E-state index contributed by atoms with van der Waals surface area (Å²) >= 11 is 0. The fraction of sp³-hybridized carbons (Fsp3) is 0.700. The zero-order chi connectivity index (χ0) is 13.0. The molecule has 0 radical (unpaired) electrons. The van der Waals surface area contributed by atoms with E-state index in [9.17, 15) is 14.4 Å². The van der Waals surface area contributed by atoms with Crippen molar-refractivity contribution in [3.8, 4) is 0 Å². The molecule has 1 rings (SSSR count). The summed E-state index contributed by atoms with van der Waals surface area (Å²) in [5, 5.41) is 22.6. The second kappa shape index (κ2) is 5.62. The summed E-state index contributed by atoms with van der Waals surface area (Å²) in [6, 6.07) is -1.37. The molecule has 0 aromatic carbocycles. The van der Waals surface area contributed by atoms with Gasteiger partial charge in [-0.15, -0.1) is 0 Å². The van der Waals surface area contributed by atoms with E-state index < -0.39 is 30.3 Å². The lowest BCUT2D eigenvalue weighted by molar-refractivity contribution is -0.147. The molecule has 1 fully saturated rings. The van der Waals surface area contributed by atoms with Gasteiger partial charge in [-0.3, -0.25) is 9.59 Å². The number of rotatable bonds is 5. The van der Waals surface area contributed by atoms with Crippen LogP contribution in [0.5, 0.6) is 0 Å². The predicted molar refractivity (Wildman–Crippen MR) is 57.3 cm³/mol. The van der Waals surface area contributed by atoms with Gasteiger partial charge in [0.15, 0.2) is 0 Å². The van der Waals surface area contributed by atoms with Gasteiger partial charge in [0.05, 0.1) is 12.3 Å². The van der Waals surface area contributed by atoms with Gasteiger partial charge in [-0.05, 0) is 12.5 Å². The summed E-state index contributed by atoms with van der Waals surface area (Å²) in [6.45, 7) is 3.08. The van der Waals surface area contributed by atoms with E-state index in [-0.39, 0.29) is 11.8 Å². The minimum absolute atomic E-state index is 0.120. The molecular formula is C10H16N2O5. The number of aliphatic carboxylic acids is 2. The zero-order valence-corrected chi connectivity index (χ0v) is 9.47. The first-order valence-corrected chi connectivity index (χ1v) is 5.37. The first-order chi connectivity index (χ1) is 7.91. The Balaban J connectivity index is 2.57. The SMILES string of the molecule is C[C@@H]1CNC[C@H]1C(=O)NC(CC(=O)O)C(=O)O. The Hall–Kier alpha value is -1.63. The van der Waals surface area contributed by atoms with E-state index in [1.165, 1.54) is 0 Å². The zero-order valence-electron chi connectivity index (χ0n) is 9.47. The van der Waals surface area contributed by atoms with Crippen molar-refractivity contribution in [2.45, 2.75) is 19.4 Å². The lowest BCUT2D eigenvalue weighted by atomic mass is 9.97. The van der Waals surface area contributed by atoms with Crippen LogP contribution in [0.4, 0.5) is 0 Å². The number of carbonyl (C=O) groups excluding carboxylic acids is 1. The number of carboxylic acids is 2. The van der Waals surface area contributed by atoms with Gasteiger partial charge in [-0.2, -0.15) is 0 Å². The maximum atomic E-state index is 11.7. The van der Waals surface area contributed by atoms with Crippen LogP contribution in [0.2, 0.25) is 0 Å². The third-order valence-electron chi connectivity index (χ3n) is 2.85. The summed E-state index contributed by atoms with van der Waals surface area (Å²) in [4.78, 5) is 33.0. The average Bonchev–Trinajstić information content (AvgIpc) is 2.62. The summed E-state index contributed by atoms with van der Waals surface area (Å²) in [6.07, 6.45) is -0.615. The normalized spacial score (nSPS) is 25.2. The molecule has 0 aliphatic carbocycles. The highest BCUT2D eigenvalue weighted by molar-refractivity contribution is 5.88. The summed E-state index contributed by atoms with van der Waals surface area (Å²) < 4.78 is 0. The van der Waals surface area contributed by atoms with E-state index in [2.05, 4.69) is 10.6 Å². The van der Waals surface area contributed by atoms with Gasteiger partial charge < -0.3 is 20.8 Å². The van der Waals surface area contributed by atoms with Crippen LogP contribution < -0.4 is 10.6 Å². The minimum atomic E-state index is -1.37. The molecule has 96 valence electrons. The molecule has 0 bridgehead atoms. The largest absolute Gasteiger partial charge is 0.481 e. The van der Waals surface area contributed by atoms with Crippen molar-refractivity contribution in [2.75, 3.05) is 13.1 Å². The molecule has 1 aliphatic rings. The predicted octanol–water partition coefficient (Wildman–Crippen LogP) is -1.11. The number of hydrogen-bond acceptors (Lipinski definition) is 4. The maximum absolute atomic E-state index is 11.7. The number of hydrogen-bond donors (Lipinski definition) is 4. The Labute approximate surface area is 98.2 Å². The average molecular weight is 244 g/mol. The molecular weight excluding hydrogens is 228 g/mol. The van der Waals surface area contributed by atoms with E-state index in [0.717, 1.165) is 0 Å². The fourth-order valence-corrected chi connectivity index (χ4v) is 1.81. The molecule has 0 saturated carbocycles. The molecule has 1 heterocycles. The number of carbonyl (C=O) groups is 3. The van der Waals surface area contributed by atoms with Crippen molar-refractivity contribution in [3.05, 3.63) is 0 Å². The highest BCUT2D eigenvalue weighted by atomic mass is 16.4. The second-order valence-corrected chi connectivity index (χ2v) is 4.24. The van der Waals surface area contributed by atoms with Crippen molar-refractivity contribution in [1.29, 1.82) is 0 Å². The van der Waals surface area contributed by atoms with Gasteiger partial charge in [-0.25, -0.2) is 4.79 Å². The summed E-state index contributed by atoms with van der Waals surface area (Å²) in [5.41, 5.74) is 0. The van der Waals surface area contributed by atoms with E-state index in [4.69, 9.17) is 10.2 Å². The van der Waals surface area contributed by atoms with Crippen LogP contribution >= 0.6 is 0 Å².